The highest BCUT2D eigenvalue weighted by Crippen LogP contribution is 2.36. The molecular weight excluding hydrogens is 222 g/mol. The highest BCUT2D eigenvalue weighted by molar-refractivity contribution is 5.41. The van der Waals surface area contributed by atoms with Crippen LogP contribution in [0.1, 0.15) is 6.92 Å². The largest absolute Gasteiger partial charge is 0.416 e. The van der Waals surface area contributed by atoms with Crippen molar-refractivity contribution in [3.05, 3.63) is 36.0 Å². The Hall–Kier alpha value is -1.20. The molecule has 0 unspecified atom stereocenters. The van der Waals surface area contributed by atoms with E-state index in [1.807, 2.05) is 0 Å². The van der Waals surface area contributed by atoms with Gasteiger partial charge in [-0.2, -0.15) is 26.3 Å². The maximum atomic E-state index is 12.2. The van der Waals surface area contributed by atoms with E-state index in [2.05, 4.69) is 13.2 Å². The van der Waals surface area contributed by atoms with Crippen molar-refractivity contribution in [1.82, 2.24) is 0 Å². The molecule has 0 saturated heterocycles. The first-order chi connectivity index (χ1) is 6.51. The zero-order valence-corrected chi connectivity index (χ0v) is 7.76. The van der Waals surface area contributed by atoms with E-state index in [4.69, 9.17) is 0 Å². The lowest BCUT2D eigenvalue weighted by Gasteiger charge is -2.15. The fourth-order valence-electron chi connectivity index (χ4n) is 0.857. The third kappa shape index (κ3) is 3.45. The first-order valence-electron chi connectivity index (χ1n) is 3.68. The number of rotatable bonds is 2. The number of alkyl halides is 6. The highest BCUT2D eigenvalue weighted by Gasteiger charge is 2.39. The van der Waals surface area contributed by atoms with Crippen LogP contribution in [-0.4, -0.2) is 12.4 Å². The minimum absolute atomic E-state index is 0.340. The van der Waals surface area contributed by atoms with Crippen LogP contribution in [-0.2, 0) is 0 Å². The molecule has 0 N–H and O–H groups in total. The van der Waals surface area contributed by atoms with E-state index in [9.17, 15) is 26.3 Å². The zero-order valence-electron chi connectivity index (χ0n) is 7.76. The van der Waals surface area contributed by atoms with Gasteiger partial charge in [-0.3, -0.25) is 0 Å². The van der Waals surface area contributed by atoms with Gasteiger partial charge >= 0.3 is 12.4 Å². The fraction of sp³-hybridized carbons (Fsp3) is 0.333. The number of hydrogen-bond acceptors (Lipinski definition) is 0. The molecule has 0 aliphatic carbocycles. The van der Waals surface area contributed by atoms with Gasteiger partial charge in [0.1, 0.15) is 0 Å². The van der Waals surface area contributed by atoms with Crippen LogP contribution in [0.3, 0.4) is 0 Å². The van der Waals surface area contributed by atoms with E-state index < -0.39 is 29.1 Å². The molecule has 15 heavy (non-hydrogen) atoms. The Balaban J connectivity index is 5.43. The molecule has 0 atom stereocenters. The summed E-state index contributed by atoms with van der Waals surface area (Å²) in [5.74, 6) is 0. The lowest BCUT2D eigenvalue weighted by Crippen LogP contribution is -2.18. The van der Waals surface area contributed by atoms with E-state index in [-0.39, 0.29) is 0 Å². The third-order valence-electron chi connectivity index (χ3n) is 1.71. The van der Waals surface area contributed by atoms with Crippen molar-refractivity contribution in [3.63, 3.8) is 0 Å². The van der Waals surface area contributed by atoms with E-state index in [0.717, 1.165) is 0 Å². The van der Waals surface area contributed by atoms with Gasteiger partial charge in [0.2, 0.25) is 0 Å². The van der Waals surface area contributed by atoms with Gasteiger partial charge in [-0.15, -0.1) is 0 Å². The second-order valence-corrected chi connectivity index (χ2v) is 2.72. The summed E-state index contributed by atoms with van der Waals surface area (Å²) in [5.41, 5.74) is -3.91. The van der Waals surface area contributed by atoms with Crippen LogP contribution in [0.15, 0.2) is 36.0 Å². The predicted octanol–water partition coefficient (Wildman–Crippen LogP) is 4.17. The monoisotopic (exact) mass is 230 g/mol. The summed E-state index contributed by atoms with van der Waals surface area (Å²) in [5, 5.41) is 0. The predicted molar refractivity (Wildman–Crippen MR) is 44.1 cm³/mol. The summed E-state index contributed by atoms with van der Waals surface area (Å²) in [4.78, 5) is 0. The van der Waals surface area contributed by atoms with Crippen molar-refractivity contribution in [1.29, 1.82) is 0 Å². The Kier molecular flexibility index (Phi) is 3.79. The molecule has 0 radical (unpaired) electrons. The number of halogens is 6. The van der Waals surface area contributed by atoms with Gasteiger partial charge in [0.25, 0.3) is 0 Å². The van der Waals surface area contributed by atoms with Gasteiger partial charge in [-0.25, -0.2) is 0 Å². The second-order valence-electron chi connectivity index (χ2n) is 2.72. The van der Waals surface area contributed by atoms with Gasteiger partial charge in [0.15, 0.2) is 0 Å². The third-order valence-corrected chi connectivity index (χ3v) is 1.71. The van der Waals surface area contributed by atoms with E-state index in [1.54, 1.807) is 0 Å². The quantitative estimate of drug-likeness (QED) is 0.493. The van der Waals surface area contributed by atoms with E-state index in [1.165, 1.54) is 0 Å². The SMILES string of the molecule is C=C/C(=C(/C)C(=C)C(F)(F)F)C(F)(F)F. The summed E-state index contributed by atoms with van der Waals surface area (Å²) in [7, 11) is 0. The topological polar surface area (TPSA) is 0 Å². The summed E-state index contributed by atoms with van der Waals surface area (Å²) in [6.07, 6.45) is -9.39. The van der Waals surface area contributed by atoms with Crippen molar-refractivity contribution in [2.75, 3.05) is 0 Å². The zero-order chi connectivity index (χ0) is 12.4. The van der Waals surface area contributed by atoms with Crippen molar-refractivity contribution >= 4 is 0 Å². The summed E-state index contributed by atoms with van der Waals surface area (Å²) in [6, 6.07) is 0. The lowest BCUT2D eigenvalue weighted by atomic mass is 10.0. The summed E-state index contributed by atoms with van der Waals surface area (Å²) >= 11 is 0. The molecule has 0 nitrogen and oxygen atoms in total. The van der Waals surface area contributed by atoms with Crippen LogP contribution < -0.4 is 0 Å². The minimum atomic E-state index is -4.87. The van der Waals surface area contributed by atoms with E-state index >= 15 is 0 Å². The number of hydrogen-bond donors (Lipinski definition) is 0. The molecule has 0 saturated carbocycles. The fourth-order valence-corrected chi connectivity index (χ4v) is 0.857. The van der Waals surface area contributed by atoms with Gasteiger partial charge in [-0.05, 0) is 12.5 Å². The molecule has 0 aromatic carbocycles. The lowest BCUT2D eigenvalue weighted by molar-refractivity contribution is -0.0947. The average Bonchev–Trinajstić information content (AvgIpc) is 1.99. The molecule has 6 heteroatoms. The molecule has 0 amide bonds. The molecule has 86 valence electrons. The summed E-state index contributed by atoms with van der Waals surface area (Å²) in [6.45, 7) is 6.11. The number of allylic oxidation sites excluding steroid dienone is 4. The average molecular weight is 230 g/mol. The maximum absolute atomic E-state index is 12.2. The molecule has 0 rings (SSSR count). The van der Waals surface area contributed by atoms with Crippen molar-refractivity contribution in [3.8, 4) is 0 Å². The highest BCUT2D eigenvalue weighted by atomic mass is 19.4. The van der Waals surface area contributed by atoms with Gasteiger partial charge in [0, 0.05) is 0 Å². The van der Waals surface area contributed by atoms with Crippen LogP contribution in [0.4, 0.5) is 26.3 Å². The molecular formula is C9H8F6. The van der Waals surface area contributed by atoms with Crippen molar-refractivity contribution in [2.24, 2.45) is 0 Å². The Morgan fingerprint density at radius 1 is 1.00 bits per heavy atom. The second kappa shape index (κ2) is 4.12. The molecule has 0 spiro atoms. The van der Waals surface area contributed by atoms with Crippen LogP contribution in [0, 0.1) is 0 Å². The Morgan fingerprint density at radius 2 is 1.40 bits per heavy atom. The Morgan fingerprint density at radius 3 is 1.60 bits per heavy atom. The Bertz CT molecular complexity index is 302. The molecule has 0 heterocycles. The first-order valence-corrected chi connectivity index (χ1v) is 3.68. The summed E-state index contributed by atoms with van der Waals surface area (Å²) < 4.78 is 72.7. The maximum Gasteiger partial charge on any atom is 0.416 e. The van der Waals surface area contributed by atoms with Crippen molar-refractivity contribution < 1.29 is 26.3 Å². The first kappa shape index (κ1) is 13.8. The molecule has 0 aromatic heterocycles. The van der Waals surface area contributed by atoms with Gasteiger partial charge < -0.3 is 0 Å². The minimum Gasteiger partial charge on any atom is -0.166 e. The van der Waals surface area contributed by atoms with E-state index in [0.29, 0.717) is 13.0 Å². The smallest absolute Gasteiger partial charge is 0.166 e. The molecule has 0 aliphatic rings. The van der Waals surface area contributed by atoms with Crippen LogP contribution >= 0.6 is 0 Å². The van der Waals surface area contributed by atoms with Crippen LogP contribution in [0.5, 0.6) is 0 Å². The standard InChI is InChI=1S/C9H8F6/c1-4-7(9(13,14)15)5(2)6(3)8(10,11)12/h4H,1,3H2,2H3/b7-5+. The van der Waals surface area contributed by atoms with Crippen molar-refractivity contribution in [2.45, 2.75) is 19.3 Å². The van der Waals surface area contributed by atoms with Crippen LogP contribution in [0.2, 0.25) is 0 Å². The molecule has 0 aliphatic heterocycles. The molecule has 0 aromatic rings. The van der Waals surface area contributed by atoms with Gasteiger partial charge in [0.05, 0.1) is 11.1 Å². The molecule has 0 fully saturated rings. The Labute approximate surface area is 82.6 Å². The normalized spacial score (nSPS) is 14.6. The van der Waals surface area contributed by atoms with Crippen LogP contribution in [0.25, 0.3) is 0 Å². The van der Waals surface area contributed by atoms with Gasteiger partial charge in [-0.1, -0.05) is 19.2 Å². The molecule has 0 bridgehead atoms.